The van der Waals surface area contributed by atoms with Crippen LogP contribution >= 0.6 is 11.3 Å². The molecule has 0 spiro atoms. The first-order valence-electron chi connectivity index (χ1n) is 6.39. The summed E-state index contributed by atoms with van der Waals surface area (Å²) in [6.07, 6.45) is 0. The number of nitrogens with one attached hydrogen (secondary N) is 1. The van der Waals surface area contributed by atoms with Crippen LogP contribution in [0.5, 0.6) is 0 Å². The smallest absolute Gasteiger partial charge is 0.0982 e. The fraction of sp³-hybridized carbons (Fsp3) is 0.400. The number of thiazole rings is 1. The van der Waals surface area contributed by atoms with Gasteiger partial charge in [-0.3, -0.25) is 0 Å². The van der Waals surface area contributed by atoms with E-state index in [2.05, 4.69) is 31.1 Å². The lowest BCUT2D eigenvalue weighted by Crippen LogP contribution is -2.16. The summed E-state index contributed by atoms with van der Waals surface area (Å²) >= 11 is 1.65. The molecular weight excluding hydrogens is 256 g/mol. The van der Waals surface area contributed by atoms with Crippen molar-refractivity contribution in [1.29, 1.82) is 0 Å². The topological polar surface area (TPSA) is 45.2 Å². The Bertz CT molecular complexity index is 516. The molecule has 19 heavy (non-hydrogen) atoms. The number of nitrogens with zero attached hydrogens (tertiary/aromatic N) is 1. The summed E-state index contributed by atoms with van der Waals surface area (Å²) in [5.41, 5.74) is 1.95. The van der Waals surface area contributed by atoms with Crippen LogP contribution in [0.25, 0.3) is 0 Å². The average molecular weight is 276 g/mol. The molecule has 0 saturated carbocycles. The molecule has 102 valence electrons. The number of aliphatic hydroxyl groups is 1. The van der Waals surface area contributed by atoms with Gasteiger partial charge in [0.15, 0.2) is 0 Å². The van der Waals surface area contributed by atoms with Gasteiger partial charge in [-0.05, 0) is 12.1 Å². The van der Waals surface area contributed by atoms with Crippen LogP contribution in [0.3, 0.4) is 0 Å². The summed E-state index contributed by atoms with van der Waals surface area (Å²) in [5, 5.41) is 16.0. The van der Waals surface area contributed by atoms with Gasteiger partial charge in [-0.15, -0.1) is 11.3 Å². The molecule has 3 nitrogen and oxygen atoms in total. The fourth-order valence-corrected chi connectivity index (χ4v) is 2.70. The lowest BCUT2D eigenvalue weighted by molar-refractivity contribution is 0.274. The van der Waals surface area contributed by atoms with Gasteiger partial charge in [0.25, 0.3) is 0 Å². The quantitative estimate of drug-likeness (QED) is 0.897. The van der Waals surface area contributed by atoms with E-state index in [1.54, 1.807) is 11.3 Å². The Morgan fingerprint density at radius 3 is 2.47 bits per heavy atom. The van der Waals surface area contributed by atoms with Crippen molar-refractivity contribution in [3.05, 3.63) is 46.4 Å². The number of aliphatic hydroxyl groups excluding tert-OH is 1. The van der Waals surface area contributed by atoms with Crippen molar-refractivity contribution in [3.63, 3.8) is 0 Å². The van der Waals surface area contributed by atoms with Crippen LogP contribution < -0.4 is 5.32 Å². The van der Waals surface area contributed by atoms with Crippen molar-refractivity contribution in [2.75, 3.05) is 11.9 Å². The van der Waals surface area contributed by atoms with E-state index in [1.807, 2.05) is 35.7 Å². The Balaban J connectivity index is 2.16. The second-order valence-corrected chi connectivity index (χ2v) is 6.43. The van der Waals surface area contributed by atoms with Crippen LogP contribution in [-0.4, -0.2) is 16.7 Å². The third kappa shape index (κ3) is 3.55. The predicted octanol–water partition coefficient (Wildman–Crippen LogP) is 3.59. The fourth-order valence-electron chi connectivity index (χ4n) is 1.74. The summed E-state index contributed by atoms with van der Waals surface area (Å²) in [4.78, 5) is 4.64. The molecular formula is C15H20N2OS. The molecule has 2 rings (SSSR count). The minimum Gasteiger partial charge on any atom is -0.394 e. The highest BCUT2D eigenvalue weighted by Gasteiger charge is 2.21. The van der Waals surface area contributed by atoms with E-state index in [4.69, 9.17) is 0 Å². The van der Waals surface area contributed by atoms with Gasteiger partial charge >= 0.3 is 0 Å². The predicted molar refractivity (Wildman–Crippen MR) is 80.7 cm³/mol. The highest BCUT2D eigenvalue weighted by Crippen LogP contribution is 2.28. The SMILES string of the molecule is CC(C)(C)c1nc(C(CO)Nc2ccccc2)cs1. The standard InChI is InChI=1S/C15H20N2OS/c1-15(2,3)14-17-13(10-19-14)12(9-18)16-11-7-5-4-6-8-11/h4-8,10,12,16,18H,9H2,1-3H3. The molecule has 1 unspecified atom stereocenters. The Kier molecular flexibility index (Phi) is 4.22. The van der Waals surface area contributed by atoms with E-state index in [-0.39, 0.29) is 18.1 Å². The van der Waals surface area contributed by atoms with Crippen molar-refractivity contribution in [2.45, 2.75) is 32.2 Å². The number of benzene rings is 1. The molecule has 0 fully saturated rings. The number of para-hydroxylation sites is 1. The van der Waals surface area contributed by atoms with E-state index in [9.17, 15) is 5.11 Å². The van der Waals surface area contributed by atoms with Gasteiger partial charge in [0.05, 0.1) is 23.4 Å². The molecule has 0 saturated heterocycles. The first kappa shape index (κ1) is 14.0. The molecule has 1 aromatic carbocycles. The van der Waals surface area contributed by atoms with Crippen molar-refractivity contribution in [1.82, 2.24) is 4.98 Å². The molecule has 0 amide bonds. The van der Waals surface area contributed by atoms with Gasteiger partial charge in [-0.2, -0.15) is 0 Å². The summed E-state index contributed by atoms with van der Waals surface area (Å²) < 4.78 is 0. The Morgan fingerprint density at radius 1 is 1.26 bits per heavy atom. The van der Waals surface area contributed by atoms with Crippen LogP contribution in [0.1, 0.15) is 37.5 Å². The lowest BCUT2D eigenvalue weighted by Gasteiger charge is -2.17. The molecule has 0 aliphatic rings. The number of hydrogen-bond donors (Lipinski definition) is 2. The van der Waals surface area contributed by atoms with Crippen molar-refractivity contribution >= 4 is 17.0 Å². The van der Waals surface area contributed by atoms with E-state index >= 15 is 0 Å². The summed E-state index contributed by atoms with van der Waals surface area (Å²) in [7, 11) is 0. The largest absolute Gasteiger partial charge is 0.394 e. The second-order valence-electron chi connectivity index (χ2n) is 5.57. The van der Waals surface area contributed by atoms with E-state index in [0.717, 1.165) is 16.4 Å². The van der Waals surface area contributed by atoms with Gasteiger partial charge in [0, 0.05) is 16.5 Å². The van der Waals surface area contributed by atoms with Gasteiger partial charge < -0.3 is 10.4 Å². The molecule has 2 aromatic rings. The van der Waals surface area contributed by atoms with Gasteiger partial charge in [-0.1, -0.05) is 39.0 Å². The Labute approximate surface area is 118 Å². The minimum absolute atomic E-state index is 0.0300. The molecule has 0 aliphatic heterocycles. The highest BCUT2D eigenvalue weighted by molar-refractivity contribution is 7.09. The number of hydrogen-bond acceptors (Lipinski definition) is 4. The lowest BCUT2D eigenvalue weighted by atomic mass is 9.98. The molecule has 0 bridgehead atoms. The maximum Gasteiger partial charge on any atom is 0.0982 e. The van der Waals surface area contributed by atoms with Crippen LogP contribution in [0, 0.1) is 0 Å². The van der Waals surface area contributed by atoms with Crippen molar-refractivity contribution < 1.29 is 5.11 Å². The molecule has 0 radical (unpaired) electrons. The third-order valence-electron chi connectivity index (χ3n) is 2.82. The number of aromatic nitrogens is 1. The number of rotatable bonds is 4. The van der Waals surface area contributed by atoms with Crippen LogP contribution in [0.15, 0.2) is 35.7 Å². The van der Waals surface area contributed by atoms with Crippen molar-refractivity contribution in [2.24, 2.45) is 0 Å². The van der Waals surface area contributed by atoms with Gasteiger partial charge in [-0.25, -0.2) is 4.98 Å². The zero-order valence-corrected chi connectivity index (χ0v) is 12.4. The molecule has 1 atom stereocenters. The molecule has 1 heterocycles. The van der Waals surface area contributed by atoms with Gasteiger partial charge in [0.1, 0.15) is 0 Å². The number of anilines is 1. The summed E-state index contributed by atoms with van der Waals surface area (Å²) in [5.74, 6) is 0. The first-order valence-corrected chi connectivity index (χ1v) is 7.27. The monoisotopic (exact) mass is 276 g/mol. The second kappa shape index (κ2) is 5.72. The van der Waals surface area contributed by atoms with Crippen LogP contribution in [-0.2, 0) is 5.41 Å². The van der Waals surface area contributed by atoms with E-state index in [0.29, 0.717) is 0 Å². The van der Waals surface area contributed by atoms with Crippen LogP contribution in [0.4, 0.5) is 5.69 Å². The third-order valence-corrected chi connectivity index (χ3v) is 4.10. The van der Waals surface area contributed by atoms with Gasteiger partial charge in [0.2, 0.25) is 0 Å². The zero-order valence-electron chi connectivity index (χ0n) is 11.6. The average Bonchev–Trinajstić information content (AvgIpc) is 2.86. The Hall–Kier alpha value is -1.39. The zero-order chi connectivity index (χ0) is 13.9. The maximum atomic E-state index is 9.55. The molecule has 0 aliphatic carbocycles. The minimum atomic E-state index is -0.158. The molecule has 2 N–H and O–H groups in total. The van der Waals surface area contributed by atoms with Crippen LogP contribution in [0.2, 0.25) is 0 Å². The molecule has 4 heteroatoms. The summed E-state index contributed by atoms with van der Waals surface area (Å²) in [6.45, 7) is 6.47. The van der Waals surface area contributed by atoms with Crippen molar-refractivity contribution in [3.8, 4) is 0 Å². The molecule has 1 aromatic heterocycles. The Morgan fingerprint density at radius 2 is 1.95 bits per heavy atom. The summed E-state index contributed by atoms with van der Waals surface area (Å²) in [6, 6.07) is 9.73. The normalized spacial score (nSPS) is 13.3. The van der Waals surface area contributed by atoms with E-state index in [1.165, 1.54) is 0 Å². The van der Waals surface area contributed by atoms with E-state index < -0.39 is 0 Å². The first-order chi connectivity index (χ1) is 9.00. The highest BCUT2D eigenvalue weighted by atomic mass is 32.1. The maximum absolute atomic E-state index is 9.55.